The summed E-state index contributed by atoms with van der Waals surface area (Å²) in [7, 11) is 1.64. The Morgan fingerprint density at radius 1 is 1.28 bits per heavy atom. The summed E-state index contributed by atoms with van der Waals surface area (Å²) in [6, 6.07) is 8.93. The third-order valence-electron chi connectivity index (χ3n) is 2.90. The number of hydrogen-bond donors (Lipinski definition) is 1. The third kappa shape index (κ3) is 2.34. The smallest absolute Gasteiger partial charge is 0.327 e. The molecule has 1 unspecified atom stereocenters. The van der Waals surface area contributed by atoms with E-state index in [0.717, 1.165) is 0 Å². The molecule has 0 saturated carbocycles. The summed E-state index contributed by atoms with van der Waals surface area (Å²) in [4.78, 5) is 23.0. The van der Waals surface area contributed by atoms with Gasteiger partial charge in [0.05, 0.1) is 5.92 Å². The first-order chi connectivity index (χ1) is 8.59. The minimum Gasteiger partial charge on any atom is -0.481 e. The number of carboxylic acids is 1. The minimum absolute atomic E-state index is 0.138. The number of aromatic nitrogens is 2. The average molecular weight is 246 g/mol. The number of aliphatic carboxylic acids is 1. The van der Waals surface area contributed by atoms with Gasteiger partial charge in [-0.1, -0.05) is 30.3 Å². The van der Waals surface area contributed by atoms with Gasteiger partial charge >= 0.3 is 11.7 Å². The van der Waals surface area contributed by atoms with Crippen LogP contribution in [-0.2, 0) is 18.4 Å². The summed E-state index contributed by atoms with van der Waals surface area (Å²) >= 11 is 0. The molecule has 0 aliphatic carbocycles. The van der Waals surface area contributed by atoms with Gasteiger partial charge in [0.15, 0.2) is 0 Å². The quantitative estimate of drug-likeness (QED) is 0.877. The second-order valence-corrected chi connectivity index (χ2v) is 4.15. The molecule has 1 N–H and O–H groups in total. The maximum Gasteiger partial charge on any atom is 0.327 e. The monoisotopic (exact) mass is 246 g/mol. The Morgan fingerprint density at radius 2 is 1.94 bits per heavy atom. The highest BCUT2D eigenvalue weighted by Crippen LogP contribution is 2.17. The molecular weight excluding hydrogens is 232 g/mol. The second-order valence-electron chi connectivity index (χ2n) is 4.15. The maximum atomic E-state index is 11.7. The Hall–Kier alpha value is -2.30. The van der Waals surface area contributed by atoms with Gasteiger partial charge in [-0.2, -0.15) is 0 Å². The Morgan fingerprint density at radius 3 is 2.44 bits per heavy atom. The number of carboxylic acid groups (broad SMARTS) is 1. The fourth-order valence-electron chi connectivity index (χ4n) is 1.86. The van der Waals surface area contributed by atoms with E-state index in [9.17, 15) is 14.7 Å². The van der Waals surface area contributed by atoms with E-state index in [0.29, 0.717) is 5.56 Å². The van der Waals surface area contributed by atoms with Crippen LogP contribution in [0.2, 0.25) is 0 Å². The average Bonchev–Trinajstić information content (AvgIpc) is 2.68. The summed E-state index contributed by atoms with van der Waals surface area (Å²) in [5.74, 6) is -1.65. The highest BCUT2D eigenvalue weighted by Gasteiger charge is 2.21. The number of imidazole rings is 1. The van der Waals surface area contributed by atoms with Crippen molar-refractivity contribution in [3.8, 4) is 0 Å². The first kappa shape index (κ1) is 12.2. The van der Waals surface area contributed by atoms with Crippen LogP contribution in [0.4, 0.5) is 0 Å². The lowest BCUT2D eigenvalue weighted by Crippen LogP contribution is -2.27. The van der Waals surface area contributed by atoms with Gasteiger partial charge in [-0.25, -0.2) is 4.79 Å². The zero-order valence-electron chi connectivity index (χ0n) is 9.98. The number of carbonyl (C=O) groups is 1. The van der Waals surface area contributed by atoms with Gasteiger partial charge in [0.2, 0.25) is 0 Å². The van der Waals surface area contributed by atoms with E-state index in [4.69, 9.17) is 0 Å². The fraction of sp³-hybridized carbons (Fsp3) is 0.231. The molecule has 0 aliphatic rings. The van der Waals surface area contributed by atoms with Gasteiger partial charge in [0.1, 0.15) is 0 Å². The van der Waals surface area contributed by atoms with Gasteiger partial charge in [-0.05, 0) is 5.56 Å². The Bertz CT molecular complexity index is 598. The van der Waals surface area contributed by atoms with Crippen LogP contribution in [0.3, 0.4) is 0 Å². The Balaban J connectivity index is 2.31. The van der Waals surface area contributed by atoms with Gasteiger partial charge in [-0.15, -0.1) is 0 Å². The molecule has 2 rings (SSSR count). The van der Waals surface area contributed by atoms with Crippen LogP contribution >= 0.6 is 0 Å². The predicted molar refractivity (Wildman–Crippen MR) is 66.5 cm³/mol. The zero-order valence-corrected chi connectivity index (χ0v) is 9.98. The van der Waals surface area contributed by atoms with Gasteiger partial charge in [-0.3, -0.25) is 9.36 Å². The van der Waals surface area contributed by atoms with Crippen molar-refractivity contribution in [1.82, 2.24) is 9.13 Å². The molecule has 0 amide bonds. The van der Waals surface area contributed by atoms with Gasteiger partial charge in [0, 0.05) is 26.0 Å². The number of hydrogen-bond acceptors (Lipinski definition) is 2. The molecule has 1 heterocycles. The van der Waals surface area contributed by atoms with Crippen molar-refractivity contribution in [1.29, 1.82) is 0 Å². The molecular formula is C13H14N2O3. The standard InChI is InChI=1S/C13H14N2O3/c1-14-7-8-15(13(14)18)9-11(12(16)17)10-5-3-2-4-6-10/h2-8,11H,9H2,1H3,(H,16,17). The molecule has 18 heavy (non-hydrogen) atoms. The highest BCUT2D eigenvalue weighted by molar-refractivity contribution is 5.75. The lowest BCUT2D eigenvalue weighted by atomic mass is 9.99. The van der Waals surface area contributed by atoms with Crippen molar-refractivity contribution >= 4 is 5.97 Å². The largest absolute Gasteiger partial charge is 0.481 e. The number of nitrogens with zero attached hydrogens (tertiary/aromatic N) is 2. The number of benzene rings is 1. The van der Waals surface area contributed by atoms with Crippen LogP contribution in [0.15, 0.2) is 47.5 Å². The molecule has 0 saturated heterocycles. The van der Waals surface area contributed by atoms with E-state index in [1.165, 1.54) is 9.13 Å². The van der Waals surface area contributed by atoms with Crippen LogP contribution in [0.5, 0.6) is 0 Å². The molecule has 5 heteroatoms. The van der Waals surface area contributed by atoms with Crippen LogP contribution in [0.1, 0.15) is 11.5 Å². The maximum absolute atomic E-state index is 11.7. The van der Waals surface area contributed by atoms with E-state index < -0.39 is 11.9 Å². The van der Waals surface area contributed by atoms with Crippen molar-refractivity contribution in [2.24, 2.45) is 7.05 Å². The molecule has 0 fully saturated rings. The molecule has 2 aromatic rings. The molecule has 5 nitrogen and oxygen atoms in total. The van der Waals surface area contributed by atoms with E-state index in [1.807, 2.05) is 6.07 Å². The highest BCUT2D eigenvalue weighted by atomic mass is 16.4. The summed E-state index contributed by atoms with van der Waals surface area (Å²) in [5.41, 5.74) is 0.484. The summed E-state index contributed by atoms with van der Waals surface area (Å²) in [6.07, 6.45) is 3.22. The van der Waals surface area contributed by atoms with Crippen molar-refractivity contribution in [3.63, 3.8) is 0 Å². The zero-order chi connectivity index (χ0) is 13.1. The summed E-state index contributed by atoms with van der Waals surface area (Å²) < 4.78 is 2.83. The lowest BCUT2D eigenvalue weighted by molar-refractivity contribution is -0.139. The molecule has 0 aliphatic heterocycles. The van der Waals surface area contributed by atoms with Crippen LogP contribution < -0.4 is 5.69 Å². The molecule has 0 radical (unpaired) electrons. The van der Waals surface area contributed by atoms with E-state index in [-0.39, 0.29) is 12.2 Å². The first-order valence-corrected chi connectivity index (χ1v) is 5.59. The second kappa shape index (κ2) is 4.91. The molecule has 94 valence electrons. The van der Waals surface area contributed by atoms with Crippen molar-refractivity contribution in [3.05, 3.63) is 58.8 Å². The van der Waals surface area contributed by atoms with Gasteiger partial charge < -0.3 is 9.67 Å². The van der Waals surface area contributed by atoms with Crippen LogP contribution in [0.25, 0.3) is 0 Å². The van der Waals surface area contributed by atoms with Crippen molar-refractivity contribution in [2.75, 3.05) is 0 Å². The topological polar surface area (TPSA) is 64.2 Å². The molecule has 1 aromatic carbocycles. The van der Waals surface area contributed by atoms with E-state index in [2.05, 4.69) is 0 Å². The number of rotatable bonds is 4. The minimum atomic E-state index is -0.933. The summed E-state index contributed by atoms with van der Waals surface area (Å²) in [6.45, 7) is 0.138. The SMILES string of the molecule is Cn1ccn(CC(C(=O)O)c2ccccc2)c1=O. The summed E-state index contributed by atoms with van der Waals surface area (Å²) in [5, 5.41) is 9.26. The lowest BCUT2D eigenvalue weighted by Gasteiger charge is -2.12. The van der Waals surface area contributed by atoms with Gasteiger partial charge in [0.25, 0.3) is 0 Å². The Kier molecular flexibility index (Phi) is 3.32. The number of aryl methyl sites for hydroxylation is 1. The van der Waals surface area contributed by atoms with E-state index >= 15 is 0 Å². The Labute approximate surface area is 104 Å². The molecule has 0 spiro atoms. The predicted octanol–water partition coefficient (Wildman–Crippen LogP) is 1.06. The molecule has 0 bridgehead atoms. The first-order valence-electron chi connectivity index (χ1n) is 5.59. The van der Waals surface area contributed by atoms with Crippen molar-refractivity contribution < 1.29 is 9.90 Å². The van der Waals surface area contributed by atoms with Crippen LogP contribution in [0, 0.1) is 0 Å². The molecule has 1 aromatic heterocycles. The normalized spacial score (nSPS) is 12.3. The molecule has 1 atom stereocenters. The fourth-order valence-corrected chi connectivity index (χ4v) is 1.86. The third-order valence-corrected chi connectivity index (χ3v) is 2.90. The van der Waals surface area contributed by atoms with Crippen molar-refractivity contribution in [2.45, 2.75) is 12.5 Å². The van der Waals surface area contributed by atoms with Crippen LogP contribution in [-0.4, -0.2) is 20.2 Å². The van der Waals surface area contributed by atoms with E-state index in [1.54, 1.807) is 43.7 Å².